The average Bonchev–Trinajstić information content (AvgIpc) is 2.85. The molecule has 1 N–H and O–H groups in total. The van der Waals surface area contributed by atoms with Gasteiger partial charge in [-0.3, -0.25) is 4.79 Å². The Bertz CT molecular complexity index is 718. The number of carbonyl (C=O) groups excluding carboxylic acids is 1. The molecule has 24 heavy (non-hydrogen) atoms. The average molecular weight is 331 g/mol. The Morgan fingerprint density at radius 3 is 2.38 bits per heavy atom. The van der Waals surface area contributed by atoms with Crippen LogP contribution in [0.2, 0.25) is 0 Å². The lowest BCUT2D eigenvalue weighted by molar-refractivity contribution is 0.0938. The van der Waals surface area contributed by atoms with Gasteiger partial charge in [0.25, 0.3) is 5.91 Å². The maximum atomic E-state index is 12.4. The summed E-state index contributed by atoms with van der Waals surface area (Å²) < 4.78 is 16.5. The van der Waals surface area contributed by atoms with Gasteiger partial charge in [0, 0.05) is 0 Å². The summed E-state index contributed by atoms with van der Waals surface area (Å²) in [6.07, 6.45) is 0.0641. The molecule has 1 unspecified atom stereocenters. The van der Waals surface area contributed by atoms with Crippen LogP contribution in [0.5, 0.6) is 11.5 Å². The van der Waals surface area contributed by atoms with Crippen molar-refractivity contribution in [3.63, 3.8) is 0 Å². The molecule has 0 aliphatic heterocycles. The van der Waals surface area contributed by atoms with Crippen molar-refractivity contribution >= 4 is 5.91 Å². The number of ether oxygens (including phenoxy) is 2. The molecule has 130 valence electrons. The number of aryl methyl sites for hydroxylation is 2. The van der Waals surface area contributed by atoms with Gasteiger partial charge >= 0.3 is 0 Å². The SMILES string of the molecule is COc1cc(C(C)NC(=O)c2cc(C)oc2C)ccc1OC(C)C. The zero-order valence-electron chi connectivity index (χ0n) is 15.1. The maximum Gasteiger partial charge on any atom is 0.255 e. The topological polar surface area (TPSA) is 60.7 Å². The molecular formula is C19H25NO4. The van der Waals surface area contributed by atoms with Crippen molar-refractivity contribution in [1.29, 1.82) is 0 Å². The summed E-state index contributed by atoms with van der Waals surface area (Å²) >= 11 is 0. The predicted molar refractivity (Wildman–Crippen MR) is 92.8 cm³/mol. The molecule has 0 saturated carbocycles. The molecule has 1 atom stereocenters. The lowest BCUT2D eigenvalue weighted by Crippen LogP contribution is -2.26. The largest absolute Gasteiger partial charge is 0.493 e. The fourth-order valence-corrected chi connectivity index (χ4v) is 2.52. The molecule has 0 fully saturated rings. The van der Waals surface area contributed by atoms with Crippen molar-refractivity contribution in [3.8, 4) is 11.5 Å². The van der Waals surface area contributed by atoms with E-state index in [0.29, 0.717) is 22.8 Å². The van der Waals surface area contributed by atoms with Crippen molar-refractivity contribution in [2.24, 2.45) is 0 Å². The minimum Gasteiger partial charge on any atom is -0.493 e. The van der Waals surface area contributed by atoms with E-state index in [9.17, 15) is 4.79 Å². The van der Waals surface area contributed by atoms with E-state index in [2.05, 4.69) is 5.32 Å². The van der Waals surface area contributed by atoms with E-state index in [-0.39, 0.29) is 18.1 Å². The van der Waals surface area contributed by atoms with Gasteiger partial charge in [-0.15, -0.1) is 0 Å². The van der Waals surface area contributed by atoms with Crippen molar-refractivity contribution in [3.05, 3.63) is 46.9 Å². The second kappa shape index (κ2) is 7.43. The van der Waals surface area contributed by atoms with Gasteiger partial charge < -0.3 is 19.2 Å². The van der Waals surface area contributed by atoms with Gasteiger partial charge in [-0.05, 0) is 58.4 Å². The summed E-state index contributed by atoms with van der Waals surface area (Å²) in [7, 11) is 1.60. The number of hydrogen-bond acceptors (Lipinski definition) is 4. The second-order valence-electron chi connectivity index (χ2n) is 6.10. The van der Waals surface area contributed by atoms with Gasteiger partial charge in [-0.25, -0.2) is 0 Å². The fraction of sp³-hybridized carbons (Fsp3) is 0.421. The second-order valence-corrected chi connectivity index (χ2v) is 6.10. The summed E-state index contributed by atoms with van der Waals surface area (Å²) in [6, 6.07) is 7.25. The van der Waals surface area contributed by atoms with E-state index in [0.717, 1.165) is 11.3 Å². The van der Waals surface area contributed by atoms with Crippen molar-refractivity contribution in [2.45, 2.75) is 46.8 Å². The fourth-order valence-electron chi connectivity index (χ4n) is 2.52. The van der Waals surface area contributed by atoms with Gasteiger partial charge in [0.15, 0.2) is 11.5 Å². The molecule has 0 bridgehead atoms. The molecule has 0 aliphatic rings. The molecule has 1 aromatic carbocycles. The number of benzene rings is 1. The summed E-state index contributed by atoms with van der Waals surface area (Å²) in [6.45, 7) is 9.47. The van der Waals surface area contributed by atoms with Gasteiger partial charge in [-0.1, -0.05) is 6.07 Å². The third-order valence-corrected chi connectivity index (χ3v) is 3.68. The number of amides is 1. The summed E-state index contributed by atoms with van der Waals surface area (Å²) in [5.41, 5.74) is 1.50. The van der Waals surface area contributed by atoms with Gasteiger partial charge in [0.2, 0.25) is 0 Å². The van der Waals surface area contributed by atoms with E-state index < -0.39 is 0 Å². The third-order valence-electron chi connectivity index (χ3n) is 3.68. The molecule has 5 nitrogen and oxygen atoms in total. The van der Waals surface area contributed by atoms with Gasteiger partial charge in [-0.2, -0.15) is 0 Å². The highest BCUT2D eigenvalue weighted by molar-refractivity contribution is 5.95. The molecular weight excluding hydrogens is 306 g/mol. The first kappa shape index (κ1) is 17.9. The van der Waals surface area contributed by atoms with Crippen molar-refractivity contribution in [2.75, 3.05) is 7.11 Å². The van der Waals surface area contributed by atoms with Crippen LogP contribution in [0.1, 0.15) is 54.3 Å². The van der Waals surface area contributed by atoms with E-state index in [1.165, 1.54) is 0 Å². The van der Waals surface area contributed by atoms with Crippen LogP contribution in [-0.2, 0) is 0 Å². The zero-order chi connectivity index (χ0) is 17.9. The van der Waals surface area contributed by atoms with Gasteiger partial charge in [0.1, 0.15) is 11.5 Å². The molecule has 0 spiro atoms. The highest BCUT2D eigenvalue weighted by atomic mass is 16.5. The van der Waals surface area contributed by atoms with Crippen LogP contribution in [0.4, 0.5) is 0 Å². The van der Waals surface area contributed by atoms with Crippen molar-refractivity contribution < 1.29 is 18.7 Å². The molecule has 0 aliphatic carbocycles. The first-order valence-corrected chi connectivity index (χ1v) is 8.04. The van der Waals surface area contributed by atoms with E-state index in [4.69, 9.17) is 13.9 Å². The Morgan fingerprint density at radius 2 is 1.83 bits per heavy atom. The monoisotopic (exact) mass is 331 g/mol. The van der Waals surface area contributed by atoms with E-state index in [1.54, 1.807) is 20.1 Å². The van der Waals surface area contributed by atoms with E-state index in [1.807, 2.05) is 45.9 Å². The Balaban J connectivity index is 2.16. The normalized spacial score (nSPS) is 12.1. The molecule has 5 heteroatoms. The van der Waals surface area contributed by atoms with Crippen LogP contribution >= 0.6 is 0 Å². The first-order valence-electron chi connectivity index (χ1n) is 8.04. The Labute approximate surface area is 143 Å². The molecule has 0 saturated heterocycles. The number of rotatable bonds is 6. The zero-order valence-corrected chi connectivity index (χ0v) is 15.1. The number of methoxy groups -OCH3 is 1. The number of nitrogens with one attached hydrogen (secondary N) is 1. The van der Waals surface area contributed by atoms with Crippen LogP contribution in [0.3, 0.4) is 0 Å². The highest BCUT2D eigenvalue weighted by Gasteiger charge is 2.18. The van der Waals surface area contributed by atoms with Gasteiger partial charge in [0.05, 0.1) is 24.8 Å². The standard InChI is InChI=1S/C19H25NO4/c1-11(2)23-17-8-7-15(10-18(17)22-6)13(4)20-19(21)16-9-12(3)24-14(16)5/h7-11,13H,1-6H3,(H,20,21). The quantitative estimate of drug-likeness (QED) is 0.862. The van der Waals surface area contributed by atoms with Crippen LogP contribution in [0, 0.1) is 13.8 Å². The molecule has 1 amide bonds. The third kappa shape index (κ3) is 4.10. The first-order chi connectivity index (χ1) is 11.3. The number of furan rings is 1. The molecule has 0 radical (unpaired) electrons. The molecule has 1 aromatic heterocycles. The minimum absolute atomic E-state index is 0.0641. The molecule has 2 aromatic rings. The number of hydrogen-bond donors (Lipinski definition) is 1. The highest BCUT2D eigenvalue weighted by Crippen LogP contribution is 2.31. The smallest absolute Gasteiger partial charge is 0.255 e. The van der Waals surface area contributed by atoms with Crippen LogP contribution < -0.4 is 14.8 Å². The Morgan fingerprint density at radius 1 is 1.12 bits per heavy atom. The van der Waals surface area contributed by atoms with Crippen LogP contribution in [0.15, 0.2) is 28.7 Å². The lowest BCUT2D eigenvalue weighted by Gasteiger charge is -2.18. The maximum absolute atomic E-state index is 12.4. The number of carbonyl (C=O) groups is 1. The molecule has 2 rings (SSSR count). The van der Waals surface area contributed by atoms with E-state index >= 15 is 0 Å². The lowest BCUT2D eigenvalue weighted by atomic mass is 10.1. The molecule has 1 heterocycles. The summed E-state index contributed by atoms with van der Waals surface area (Å²) in [4.78, 5) is 12.4. The summed E-state index contributed by atoms with van der Waals surface area (Å²) in [5.74, 6) is 2.53. The predicted octanol–water partition coefficient (Wildman–Crippen LogP) is 4.18. The van der Waals surface area contributed by atoms with Crippen molar-refractivity contribution in [1.82, 2.24) is 5.32 Å². The van der Waals surface area contributed by atoms with Crippen LogP contribution in [-0.4, -0.2) is 19.1 Å². The minimum atomic E-state index is -0.172. The Kier molecular flexibility index (Phi) is 5.54. The van der Waals surface area contributed by atoms with Crippen LogP contribution in [0.25, 0.3) is 0 Å². The summed E-state index contributed by atoms with van der Waals surface area (Å²) in [5, 5.41) is 2.98. The Hall–Kier alpha value is -2.43.